The van der Waals surface area contributed by atoms with Gasteiger partial charge in [-0.1, -0.05) is 70.7 Å². The molecule has 0 bridgehead atoms. The van der Waals surface area contributed by atoms with E-state index in [4.69, 9.17) is 21.3 Å². The van der Waals surface area contributed by atoms with Gasteiger partial charge in [0.25, 0.3) is 5.56 Å². The second-order valence-corrected chi connectivity index (χ2v) is 9.45. The molecule has 7 heteroatoms. The fourth-order valence-electron chi connectivity index (χ4n) is 3.61. The van der Waals surface area contributed by atoms with Crippen molar-refractivity contribution >= 4 is 44.6 Å². The number of aryl methyl sites for hydroxylation is 2. The number of aromatic nitrogens is 2. The molecule has 0 aliphatic rings. The first-order valence-electron chi connectivity index (χ1n) is 11.2. The number of hydrogen-bond acceptors (Lipinski definition) is 4. The molecule has 3 aromatic carbocycles. The number of ether oxygens (including phenoxy) is 1. The molecule has 1 heterocycles. The van der Waals surface area contributed by atoms with Crippen LogP contribution in [0.1, 0.15) is 42.3 Å². The van der Waals surface area contributed by atoms with E-state index in [1.54, 1.807) is 18.3 Å². The molecule has 5 nitrogen and oxygen atoms in total. The maximum atomic E-state index is 13.2. The molecule has 34 heavy (non-hydrogen) atoms. The molecule has 4 rings (SSSR count). The maximum absolute atomic E-state index is 13.2. The van der Waals surface area contributed by atoms with Gasteiger partial charge in [-0.2, -0.15) is 9.78 Å². The van der Waals surface area contributed by atoms with Gasteiger partial charge < -0.3 is 4.74 Å². The summed E-state index contributed by atoms with van der Waals surface area (Å²) >= 11 is 9.89. The summed E-state index contributed by atoms with van der Waals surface area (Å²) in [7, 11) is 0. The number of fused-ring (bicyclic) bond motifs is 1. The van der Waals surface area contributed by atoms with Crippen molar-refractivity contribution in [3.8, 4) is 5.75 Å². The van der Waals surface area contributed by atoms with Crippen LogP contribution in [0, 0.1) is 6.92 Å². The Kier molecular flexibility index (Phi) is 7.80. The molecule has 0 aliphatic carbocycles. The minimum atomic E-state index is -0.196. The van der Waals surface area contributed by atoms with E-state index in [2.05, 4.69) is 34.0 Å². The normalized spacial score (nSPS) is 11.4. The van der Waals surface area contributed by atoms with Crippen LogP contribution < -0.4 is 10.3 Å². The Morgan fingerprint density at radius 3 is 2.76 bits per heavy atom. The van der Waals surface area contributed by atoms with E-state index in [1.807, 2.05) is 49.4 Å². The van der Waals surface area contributed by atoms with Crippen molar-refractivity contribution in [3.05, 3.63) is 103 Å². The van der Waals surface area contributed by atoms with Crippen molar-refractivity contribution in [1.29, 1.82) is 0 Å². The van der Waals surface area contributed by atoms with Gasteiger partial charge in [-0.3, -0.25) is 4.79 Å². The van der Waals surface area contributed by atoms with E-state index in [-0.39, 0.29) is 5.56 Å². The largest absolute Gasteiger partial charge is 0.487 e. The van der Waals surface area contributed by atoms with Crippen LogP contribution in [0.3, 0.4) is 0 Å². The second kappa shape index (κ2) is 11.0. The fraction of sp³-hybridized carbons (Fsp3) is 0.222. The van der Waals surface area contributed by atoms with Gasteiger partial charge in [0.1, 0.15) is 18.2 Å². The third kappa shape index (κ3) is 5.75. The highest BCUT2D eigenvalue weighted by Gasteiger charge is 2.11. The Morgan fingerprint density at radius 1 is 1.15 bits per heavy atom. The molecular weight excluding hydrogens is 514 g/mol. The monoisotopic (exact) mass is 537 g/mol. The Labute approximate surface area is 212 Å². The number of nitrogens with zero attached hydrogens (tertiary/aromatic N) is 3. The van der Waals surface area contributed by atoms with Gasteiger partial charge in [0.2, 0.25) is 0 Å². The lowest BCUT2D eigenvalue weighted by atomic mass is 10.1. The molecular formula is C27H25BrClN3O2. The van der Waals surface area contributed by atoms with E-state index in [9.17, 15) is 4.79 Å². The van der Waals surface area contributed by atoms with E-state index in [0.717, 1.165) is 28.4 Å². The van der Waals surface area contributed by atoms with Crippen LogP contribution in [0.15, 0.2) is 75.0 Å². The molecule has 0 aliphatic heterocycles. The summed E-state index contributed by atoms with van der Waals surface area (Å²) < 4.78 is 8.10. The van der Waals surface area contributed by atoms with Crippen molar-refractivity contribution in [2.45, 2.75) is 39.7 Å². The molecule has 174 valence electrons. The molecule has 0 radical (unpaired) electrons. The average Bonchev–Trinajstić information content (AvgIpc) is 2.82. The summed E-state index contributed by atoms with van der Waals surface area (Å²) in [5, 5.41) is 5.49. The Hall–Kier alpha value is -2.96. The lowest BCUT2D eigenvalue weighted by Gasteiger charge is -2.10. The molecule has 0 atom stereocenters. The van der Waals surface area contributed by atoms with Crippen LogP contribution in [0.5, 0.6) is 5.75 Å². The third-order valence-corrected chi connectivity index (χ3v) is 6.17. The number of rotatable bonds is 8. The molecule has 1 aromatic heterocycles. The topological polar surface area (TPSA) is 56.5 Å². The predicted molar refractivity (Wildman–Crippen MR) is 142 cm³/mol. The number of hydrogen-bond donors (Lipinski definition) is 0. The van der Waals surface area contributed by atoms with Crippen LogP contribution in [0.2, 0.25) is 5.02 Å². The van der Waals surface area contributed by atoms with Gasteiger partial charge in [-0.15, -0.1) is 0 Å². The van der Waals surface area contributed by atoms with Gasteiger partial charge >= 0.3 is 0 Å². The van der Waals surface area contributed by atoms with Gasteiger partial charge in [-0.05, 0) is 60.9 Å². The van der Waals surface area contributed by atoms with E-state index < -0.39 is 0 Å². The zero-order valence-electron chi connectivity index (χ0n) is 19.1. The SMILES string of the molecule is CCCCc1nc2ccc(Br)cc2c(=O)n1N=Cc1ccc(OCc2cccc(C)c2)c(Cl)c1. The highest BCUT2D eigenvalue weighted by molar-refractivity contribution is 9.10. The summed E-state index contributed by atoms with van der Waals surface area (Å²) in [6, 6.07) is 19.1. The molecule has 0 N–H and O–H groups in total. The minimum absolute atomic E-state index is 0.196. The van der Waals surface area contributed by atoms with Crippen LogP contribution in [0.4, 0.5) is 0 Å². The lowest BCUT2D eigenvalue weighted by molar-refractivity contribution is 0.306. The average molecular weight is 539 g/mol. The summed E-state index contributed by atoms with van der Waals surface area (Å²) in [6.45, 7) is 4.59. The highest BCUT2D eigenvalue weighted by Crippen LogP contribution is 2.26. The summed E-state index contributed by atoms with van der Waals surface area (Å²) in [6.07, 6.45) is 4.21. The van der Waals surface area contributed by atoms with Crippen molar-refractivity contribution in [3.63, 3.8) is 0 Å². The molecule has 0 saturated heterocycles. The van der Waals surface area contributed by atoms with E-state index in [1.165, 1.54) is 10.2 Å². The zero-order chi connectivity index (χ0) is 24.1. The van der Waals surface area contributed by atoms with E-state index >= 15 is 0 Å². The first-order valence-corrected chi connectivity index (χ1v) is 12.3. The van der Waals surface area contributed by atoms with Crippen LogP contribution in [-0.2, 0) is 13.0 Å². The summed E-state index contributed by atoms with van der Waals surface area (Å²) in [5.74, 6) is 1.24. The number of unbranched alkanes of at least 4 members (excludes halogenated alkanes) is 1. The van der Waals surface area contributed by atoms with Crippen LogP contribution in [0.25, 0.3) is 10.9 Å². The van der Waals surface area contributed by atoms with Crippen molar-refractivity contribution in [2.75, 3.05) is 0 Å². The first-order chi connectivity index (χ1) is 16.4. The quantitative estimate of drug-likeness (QED) is 0.229. The predicted octanol–water partition coefficient (Wildman–Crippen LogP) is 6.92. The minimum Gasteiger partial charge on any atom is -0.487 e. The van der Waals surface area contributed by atoms with Gasteiger partial charge in [0, 0.05) is 10.9 Å². The van der Waals surface area contributed by atoms with Crippen LogP contribution >= 0.6 is 27.5 Å². The molecule has 0 saturated carbocycles. The number of benzene rings is 3. The smallest absolute Gasteiger partial charge is 0.282 e. The molecule has 0 amide bonds. The molecule has 0 spiro atoms. The Bertz CT molecular complexity index is 1420. The van der Waals surface area contributed by atoms with Gasteiger partial charge in [-0.25, -0.2) is 4.98 Å². The Morgan fingerprint density at radius 2 is 2.00 bits per heavy atom. The second-order valence-electron chi connectivity index (χ2n) is 8.12. The third-order valence-electron chi connectivity index (χ3n) is 5.38. The molecule has 0 unspecified atom stereocenters. The number of halogens is 2. The molecule has 4 aromatic rings. The highest BCUT2D eigenvalue weighted by atomic mass is 79.9. The van der Waals surface area contributed by atoms with Crippen molar-refractivity contribution < 1.29 is 4.74 Å². The van der Waals surface area contributed by atoms with Crippen molar-refractivity contribution in [2.24, 2.45) is 5.10 Å². The fourth-order valence-corrected chi connectivity index (χ4v) is 4.22. The zero-order valence-corrected chi connectivity index (χ0v) is 21.4. The molecule has 0 fully saturated rings. The van der Waals surface area contributed by atoms with Crippen LogP contribution in [-0.4, -0.2) is 15.9 Å². The maximum Gasteiger partial charge on any atom is 0.282 e. The van der Waals surface area contributed by atoms with Crippen molar-refractivity contribution in [1.82, 2.24) is 9.66 Å². The standard InChI is InChI=1S/C27H25BrClN3O2/c1-3-4-8-26-31-24-11-10-21(28)15-22(24)27(33)32(26)30-16-19-9-12-25(23(29)14-19)34-17-20-7-5-6-18(2)13-20/h5-7,9-16H,3-4,8,17H2,1-2H3. The summed E-state index contributed by atoms with van der Waals surface area (Å²) in [5.41, 5.74) is 3.50. The van der Waals surface area contributed by atoms with E-state index in [0.29, 0.717) is 40.5 Å². The van der Waals surface area contributed by atoms with Gasteiger partial charge in [0.05, 0.1) is 22.1 Å². The van der Waals surface area contributed by atoms with Gasteiger partial charge in [0.15, 0.2) is 0 Å². The Balaban J connectivity index is 1.60. The summed E-state index contributed by atoms with van der Waals surface area (Å²) in [4.78, 5) is 17.9. The lowest BCUT2D eigenvalue weighted by Crippen LogP contribution is -2.22. The first kappa shape index (κ1) is 24.2.